The van der Waals surface area contributed by atoms with Crippen molar-refractivity contribution < 1.29 is 17.9 Å². The van der Waals surface area contributed by atoms with Gasteiger partial charge >= 0.3 is 0 Å². The van der Waals surface area contributed by atoms with Gasteiger partial charge < -0.3 is 9.30 Å². The van der Waals surface area contributed by atoms with Crippen LogP contribution >= 0.6 is 11.3 Å². The molecule has 0 N–H and O–H groups in total. The van der Waals surface area contributed by atoms with E-state index in [1.807, 2.05) is 30.7 Å². The maximum absolute atomic E-state index is 12.7. The average molecular weight is 448 g/mol. The van der Waals surface area contributed by atoms with Gasteiger partial charge in [-0.3, -0.25) is 4.79 Å². The minimum atomic E-state index is -3.56. The zero-order chi connectivity index (χ0) is 22.1. The van der Waals surface area contributed by atoms with Crippen LogP contribution in [-0.4, -0.2) is 43.4 Å². The van der Waals surface area contributed by atoms with Crippen molar-refractivity contribution >= 4 is 37.5 Å². The number of fused-ring (bicyclic) bond motifs is 1. The van der Waals surface area contributed by atoms with Gasteiger partial charge in [0.25, 0.3) is 5.91 Å². The summed E-state index contributed by atoms with van der Waals surface area (Å²) < 4.78 is 34.9. The molecule has 7 nitrogen and oxygen atoms in total. The van der Waals surface area contributed by atoms with Gasteiger partial charge in [-0.15, -0.1) is 0 Å². The van der Waals surface area contributed by atoms with Crippen LogP contribution in [0, 0.1) is 6.92 Å². The number of carbonyl (C=O) groups excluding carboxylic acids is 1. The van der Waals surface area contributed by atoms with Crippen LogP contribution in [0.1, 0.15) is 29.8 Å². The number of hydrogen-bond acceptors (Lipinski definition) is 5. The third kappa shape index (κ3) is 3.92. The van der Waals surface area contributed by atoms with Gasteiger partial charge in [0.1, 0.15) is 11.3 Å². The fraction of sp³-hybridized carbons (Fsp3) is 0.333. The number of aromatic nitrogens is 1. The van der Waals surface area contributed by atoms with Gasteiger partial charge in [0.15, 0.2) is 4.80 Å². The Kier molecular flexibility index (Phi) is 6.44. The highest BCUT2D eigenvalue weighted by atomic mass is 32.2. The van der Waals surface area contributed by atoms with Crippen LogP contribution in [-0.2, 0) is 17.1 Å². The predicted octanol–water partition coefficient (Wildman–Crippen LogP) is 3.33. The molecule has 0 aliphatic rings. The smallest absolute Gasteiger partial charge is 0.279 e. The molecule has 0 fully saturated rings. The highest BCUT2D eigenvalue weighted by Crippen LogP contribution is 2.29. The summed E-state index contributed by atoms with van der Waals surface area (Å²) in [5.41, 5.74) is 2.29. The largest absolute Gasteiger partial charge is 0.495 e. The Hall–Kier alpha value is -2.49. The Labute approximate surface area is 180 Å². The van der Waals surface area contributed by atoms with E-state index in [1.165, 1.54) is 39.9 Å². The molecule has 1 heterocycles. The number of benzene rings is 2. The molecule has 3 aromatic rings. The number of ether oxygens (including phenoxy) is 1. The van der Waals surface area contributed by atoms with Crippen LogP contribution in [0.25, 0.3) is 10.2 Å². The lowest BCUT2D eigenvalue weighted by Crippen LogP contribution is -2.30. The molecule has 0 bridgehead atoms. The molecule has 1 aromatic heterocycles. The van der Waals surface area contributed by atoms with Gasteiger partial charge in [-0.25, -0.2) is 8.42 Å². The summed E-state index contributed by atoms with van der Waals surface area (Å²) in [7, 11) is -0.115. The number of thiazole rings is 1. The first-order valence-electron chi connectivity index (χ1n) is 9.57. The van der Waals surface area contributed by atoms with Gasteiger partial charge in [0.2, 0.25) is 10.0 Å². The summed E-state index contributed by atoms with van der Waals surface area (Å²) in [6.45, 7) is 6.36. The minimum Gasteiger partial charge on any atom is -0.495 e. The number of hydrogen-bond donors (Lipinski definition) is 0. The summed E-state index contributed by atoms with van der Waals surface area (Å²) in [6, 6.07) is 9.77. The van der Waals surface area contributed by atoms with Crippen LogP contribution in [0.5, 0.6) is 5.75 Å². The van der Waals surface area contributed by atoms with Crippen LogP contribution < -0.4 is 9.54 Å². The van der Waals surface area contributed by atoms with Crippen molar-refractivity contribution in [2.24, 2.45) is 12.0 Å². The van der Waals surface area contributed by atoms with Crippen molar-refractivity contribution in [3.05, 3.63) is 52.3 Å². The number of methoxy groups -OCH3 is 1. The SMILES string of the molecule is CCN(CC)S(=O)(=O)c1ccc(C(=O)N=c2sc3c(C)ccc(OC)c3n2C)cc1. The summed E-state index contributed by atoms with van der Waals surface area (Å²) in [5, 5.41) is 0. The molecule has 0 aliphatic carbocycles. The first-order chi connectivity index (χ1) is 14.2. The zero-order valence-electron chi connectivity index (χ0n) is 17.7. The van der Waals surface area contributed by atoms with Crippen LogP contribution in [0.15, 0.2) is 46.3 Å². The van der Waals surface area contributed by atoms with E-state index in [2.05, 4.69) is 4.99 Å². The first-order valence-corrected chi connectivity index (χ1v) is 11.8. The van der Waals surface area contributed by atoms with Gasteiger partial charge in [-0.1, -0.05) is 31.3 Å². The van der Waals surface area contributed by atoms with E-state index >= 15 is 0 Å². The molecule has 0 unspecified atom stereocenters. The standard InChI is InChI=1S/C21H25N3O4S2/c1-6-24(7-2)30(26,27)16-11-9-15(10-12-16)20(25)22-21-23(4)18-17(28-5)13-8-14(3)19(18)29-21/h8-13H,6-7H2,1-5H3. The first kappa shape index (κ1) is 22.2. The fourth-order valence-corrected chi connectivity index (χ4v) is 5.81. The number of rotatable bonds is 6. The van der Waals surface area contributed by atoms with Crippen LogP contribution in [0.3, 0.4) is 0 Å². The molecular weight excluding hydrogens is 422 g/mol. The van der Waals surface area contributed by atoms with E-state index in [0.29, 0.717) is 29.2 Å². The Balaban J connectivity index is 2.00. The monoisotopic (exact) mass is 447 g/mol. The third-order valence-electron chi connectivity index (χ3n) is 4.97. The second-order valence-corrected chi connectivity index (χ2v) is 9.65. The van der Waals surface area contributed by atoms with Gasteiger partial charge in [0, 0.05) is 25.7 Å². The van der Waals surface area contributed by atoms with E-state index in [0.717, 1.165) is 15.8 Å². The molecule has 30 heavy (non-hydrogen) atoms. The Bertz CT molecular complexity index is 1250. The molecular formula is C21H25N3O4S2. The summed E-state index contributed by atoms with van der Waals surface area (Å²) in [5.74, 6) is 0.287. The molecule has 0 spiro atoms. The van der Waals surface area contributed by atoms with Crippen molar-refractivity contribution in [2.75, 3.05) is 20.2 Å². The maximum Gasteiger partial charge on any atom is 0.279 e. The number of amides is 1. The highest BCUT2D eigenvalue weighted by molar-refractivity contribution is 7.89. The average Bonchev–Trinajstić information content (AvgIpc) is 3.06. The Morgan fingerprint density at radius 3 is 2.33 bits per heavy atom. The van der Waals surface area contributed by atoms with Crippen molar-refractivity contribution in [2.45, 2.75) is 25.7 Å². The predicted molar refractivity (Wildman–Crippen MR) is 119 cm³/mol. The maximum atomic E-state index is 12.7. The van der Waals surface area contributed by atoms with Crippen molar-refractivity contribution in [1.82, 2.24) is 8.87 Å². The summed E-state index contributed by atoms with van der Waals surface area (Å²) >= 11 is 1.41. The van der Waals surface area contributed by atoms with E-state index in [-0.39, 0.29) is 4.90 Å². The van der Waals surface area contributed by atoms with Crippen molar-refractivity contribution in [3.8, 4) is 5.75 Å². The summed E-state index contributed by atoms with van der Waals surface area (Å²) in [6.07, 6.45) is 0. The molecule has 9 heteroatoms. The van der Waals surface area contributed by atoms with E-state index in [4.69, 9.17) is 4.74 Å². The van der Waals surface area contributed by atoms with Gasteiger partial charge in [-0.2, -0.15) is 9.30 Å². The molecule has 0 atom stereocenters. The topological polar surface area (TPSA) is 81.0 Å². The van der Waals surface area contributed by atoms with Gasteiger partial charge in [0.05, 0.1) is 16.7 Å². The van der Waals surface area contributed by atoms with Crippen molar-refractivity contribution in [1.29, 1.82) is 0 Å². The lowest BCUT2D eigenvalue weighted by atomic mass is 10.2. The molecule has 1 amide bonds. The third-order valence-corrected chi connectivity index (χ3v) is 8.30. The Morgan fingerprint density at radius 1 is 1.13 bits per heavy atom. The molecule has 3 rings (SSSR count). The molecule has 160 valence electrons. The van der Waals surface area contributed by atoms with E-state index in [1.54, 1.807) is 21.0 Å². The molecule has 0 saturated carbocycles. The highest BCUT2D eigenvalue weighted by Gasteiger charge is 2.21. The van der Waals surface area contributed by atoms with Gasteiger partial charge in [-0.05, 0) is 42.8 Å². The summed E-state index contributed by atoms with van der Waals surface area (Å²) in [4.78, 5) is 17.7. The number of aryl methyl sites for hydroxylation is 2. The van der Waals surface area contributed by atoms with Crippen LogP contribution in [0.4, 0.5) is 0 Å². The number of nitrogens with zero attached hydrogens (tertiary/aromatic N) is 3. The zero-order valence-corrected chi connectivity index (χ0v) is 19.3. The second kappa shape index (κ2) is 8.71. The number of carbonyl (C=O) groups is 1. The van der Waals surface area contributed by atoms with E-state index < -0.39 is 15.9 Å². The minimum absolute atomic E-state index is 0.163. The number of sulfonamides is 1. The lowest BCUT2D eigenvalue weighted by Gasteiger charge is -2.18. The molecule has 0 radical (unpaired) electrons. The normalized spacial score (nSPS) is 12.7. The quantitative estimate of drug-likeness (QED) is 0.580. The van der Waals surface area contributed by atoms with Crippen LogP contribution in [0.2, 0.25) is 0 Å². The lowest BCUT2D eigenvalue weighted by molar-refractivity contribution is 0.0998. The fourth-order valence-electron chi connectivity index (χ4n) is 3.25. The molecule has 0 aliphatic heterocycles. The second-order valence-electron chi connectivity index (χ2n) is 6.74. The molecule has 0 saturated heterocycles. The van der Waals surface area contributed by atoms with E-state index in [9.17, 15) is 13.2 Å². The Morgan fingerprint density at radius 2 is 1.77 bits per heavy atom. The van der Waals surface area contributed by atoms with Crippen molar-refractivity contribution in [3.63, 3.8) is 0 Å². The molecule has 2 aromatic carbocycles.